The number of hydrogen-bond donors (Lipinski definition) is 0. The summed E-state index contributed by atoms with van der Waals surface area (Å²) in [6.45, 7) is 4.42. The van der Waals surface area contributed by atoms with Gasteiger partial charge < -0.3 is 0 Å². The van der Waals surface area contributed by atoms with Crippen LogP contribution in [0.15, 0.2) is 0 Å². The topological polar surface area (TPSA) is 0 Å². The minimum absolute atomic E-state index is 1.03. The van der Waals surface area contributed by atoms with Crippen molar-refractivity contribution in [2.75, 3.05) is 0 Å². The van der Waals surface area contributed by atoms with Gasteiger partial charge in [-0.15, -0.1) is 30.6 Å². The second-order valence-corrected chi connectivity index (χ2v) is 17.0. The van der Waals surface area contributed by atoms with Crippen molar-refractivity contribution < 1.29 is 0 Å². The maximum Gasteiger partial charge on any atom is 0.200 e. The van der Waals surface area contributed by atoms with E-state index in [-0.39, 0.29) is 0 Å². The third-order valence-corrected chi connectivity index (χ3v) is 9.83. The van der Waals surface area contributed by atoms with E-state index in [2.05, 4.69) is 44.4 Å². The molecule has 0 unspecified atom stereocenters. The molecule has 0 aromatic carbocycles. The van der Waals surface area contributed by atoms with E-state index >= 15 is 0 Å². The third kappa shape index (κ3) is 3.73. The smallest absolute Gasteiger partial charge is 0.111 e. The van der Waals surface area contributed by atoms with Crippen LogP contribution in [0.5, 0.6) is 0 Å². The maximum atomic E-state index is 3.64. The molecule has 0 spiro atoms. The summed E-state index contributed by atoms with van der Waals surface area (Å²) in [4.78, 5) is 0. The van der Waals surface area contributed by atoms with Gasteiger partial charge in [0.1, 0.15) is 0 Å². The van der Waals surface area contributed by atoms with Crippen LogP contribution in [0.4, 0.5) is 0 Å². The molecule has 44 valence electrons. The second-order valence-electron chi connectivity index (χ2n) is 1.56. The molecule has 7 heavy (non-hydrogen) atoms. The molecule has 0 bridgehead atoms. The van der Waals surface area contributed by atoms with Crippen LogP contribution in [0.3, 0.4) is 0 Å². The number of rotatable bonds is 2. The Morgan fingerprint density at radius 3 is 1.43 bits per heavy atom. The molecule has 3 heteroatoms. The van der Waals surface area contributed by atoms with E-state index in [0.717, 1.165) is 0 Å². The van der Waals surface area contributed by atoms with Gasteiger partial charge in [0.25, 0.3) is 0 Å². The zero-order chi connectivity index (χ0) is 5.91. The molecule has 0 nitrogen and oxygen atoms in total. The fraction of sp³-hybridized carbons (Fsp3) is 1.00. The molecule has 0 N–H and O–H groups in total. The van der Waals surface area contributed by atoms with Crippen LogP contribution in [0.1, 0.15) is 13.8 Å². The first-order valence-electron chi connectivity index (χ1n) is 2.50. The van der Waals surface area contributed by atoms with Crippen molar-refractivity contribution >= 4 is 35.9 Å². The van der Waals surface area contributed by atoms with Crippen molar-refractivity contribution in [2.45, 2.75) is 25.9 Å². The largest absolute Gasteiger partial charge is 0.200 e. The van der Waals surface area contributed by atoms with Crippen LogP contribution >= 0.6 is 30.6 Å². The molecule has 0 atom stereocenters. The maximum absolute atomic E-state index is 3.64. The molecule has 0 amide bonds. The molecule has 0 saturated carbocycles. The van der Waals surface area contributed by atoms with Crippen LogP contribution < -0.4 is 0 Å². The fourth-order valence-corrected chi connectivity index (χ4v) is 0.750. The lowest BCUT2D eigenvalue weighted by atomic mass is 11.0. The highest BCUT2D eigenvalue weighted by Crippen LogP contribution is 2.28. The van der Waals surface area contributed by atoms with E-state index in [0.29, 0.717) is 0 Å². The summed E-state index contributed by atoms with van der Waals surface area (Å²) < 4.78 is 0. The Labute approximate surface area is 61.8 Å². The Morgan fingerprint density at radius 1 is 1.14 bits per heavy atom. The molecule has 0 aliphatic carbocycles. The van der Waals surface area contributed by atoms with E-state index in [1.165, 1.54) is 12.1 Å². The zero-order valence-corrected chi connectivity index (χ0v) is 8.84. The molecule has 0 heterocycles. The minimum Gasteiger partial charge on any atom is -0.111 e. The van der Waals surface area contributed by atoms with Gasteiger partial charge in [0.15, 0.2) is 0 Å². The monoisotopic (exact) mass is 244 g/mol. The molecule has 0 saturated heterocycles. The summed E-state index contributed by atoms with van der Waals surface area (Å²) >= 11 is 7.27. The number of halogens is 2. The molecule has 0 aliphatic heterocycles. The summed E-state index contributed by atoms with van der Waals surface area (Å²) in [5, 5.41) is -1.03. The van der Waals surface area contributed by atoms with Gasteiger partial charge >= 0.3 is 0 Å². The van der Waals surface area contributed by atoms with E-state index in [4.69, 9.17) is 0 Å². The molecule has 0 aromatic rings. The van der Waals surface area contributed by atoms with Gasteiger partial charge in [0.05, 0.1) is 0 Å². The van der Waals surface area contributed by atoms with E-state index < -0.39 is 5.31 Å². The minimum atomic E-state index is -1.03. The average Bonchev–Trinajstić information content (AvgIpc) is 1.68. The molecular formula is C4H10Br2Si. The Kier molecular flexibility index (Phi) is 3.80. The zero-order valence-electron chi connectivity index (χ0n) is 4.67. The Bertz CT molecular complexity index is 47.7. The average molecular weight is 246 g/mol. The van der Waals surface area contributed by atoms with Crippen molar-refractivity contribution in [3.8, 4) is 0 Å². The summed E-state index contributed by atoms with van der Waals surface area (Å²) in [7, 11) is 0. The van der Waals surface area contributed by atoms with E-state index in [1.807, 2.05) is 0 Å². The Hall–Kier alpha value is 1.18. The predicted octanol–water partition coefficient (Wildman–Crippen LogP) is 3.26. The first-order valence-corrected chi connectivity index (χ1v) is 9.43. The van der Waals surface area contributed by atoms with Crippen LogP contribution in [0.2, 0.25) is 12.1 Å². The first kappa shape index (κ1) is 8.18. The molecular weight excluding hydrogens is 236 g/mol. The lowest BCUT2D eigenvalue weighted by Gasteiger charge is -2.09. The van der Waals surface area contributed by atoms with Crippen molar-refractivity contribution in [2.24, 2.45) is 0 Å². The highest BCUT2D eigenvalue weighted by Gasteiger charge is 2.19. The quantitative estimate of drug-likeness (QED) is 0.518. The lowest BCUT2D eigenvalue weighted by Crippen LogP contribution is -2.11. The van der Waals surface area contributed by atoms with Gasteiger partial charge in [0, 0.05) is 0 Å². The predicted molar refractivity (Wildman–Crippen MR) is 44.6 cm³/mol. The normalized spacial score (nSPS) is 12.0. The summed E-state index contributed by atoms with van der Waals surface area (Å²) in [6.07, 6.45) is 0. The summed E-state index contributed by atoms with van der Waals surface area (Å²) in [6, 6.07) is 2.53. The SMILES string of the molecule is CC[Si](Br)(Br)CC. The van der Waals surface area contributed by atoms with E-state index in [9.17, 15) is 0 Å². The van der Waals surface area contributed by atoms with Crippen LogP contribution in [0, 0.1) is 0 Å². The Morgan fingerprint density at radius 2 is 1.43 bits per heavy atom. The van der Waals surface area contributed by atoms with Gasteiger partial charge in [-0.2, -0.15) is 0 Å². The molecule has 0 rings (SSSR count). The highest BCUT2D eigenvalue weighted by molar-refractivity contribution is 9.51. The first-order chi connectivity index (χ1) is 3.12. The highest BCUT2D eigenvalue weighted by atomic mass is 79.9. The van der Waals surface area contributed by atoms with Crippen LogP contribution in [-0.2, 0) is 0 Å². The van der Waals surface area contributed by atoms with Crippen molar-refractivity contribution in [3.05, 3.63) is 0 Å². The van der Waals surface area contributed by atoms with E-state index in [1.54, 1.807) is 0 Å². The second kappa shape index (κ2) is 3.25. The molecule has 0 aliphatic rings. The summed E-state index contributed by atoms with van der Waals surface area (Å²) in [5.74, 6) is 0. The Balaban J connectivity index is 3.36. The van der Waals surface area contributed by atoms with Gasteiger partial charge in [0.2, 0.25) is 5.31 Å². The van der Waals surface area contributed by atoms with Crippen LogP contribution in [-0.4, -0.2) is 5.31 Å². The van der Waals surface area contributed by atoms with Crippen molar-refractivity contribution in [3.63, 3.8) is 0 Å². The van der Waals surface area contributed by atoms with Gasteiger partial charge in [-0.25, -0.2) is 0 Å². The molecule has 0 fully saturated rings. The number of hydrogen-bond acceptors (Lipinski definition) is 0. The third-order valence-electron chi connectivity index (χ3n) is 1.03. The summed E-state index contributed by atoms with van der Waals surface area (Å²) in [5.41, 5.74) is 0. The fourth-order valence-electron chi connectivity index (χ4n) is 0.250. The van der Waals surface area contributed by atoms with Crippen molar-refractivity contribution in [1.29, 1.82) is 0 Å². The van der Waals surface area contributed by atoms with Crippen LogP contribution in [0.25, 0.3) is 0 Å². The lowest BCUT2D eigenvalue weighted by molar-refractivity contribution is 1.35. The van der Waals surface area contributed by atoms with Gasteiger partial charge in [-0.3, -0.25) is 0 Å². The standard InChI is InChI=1S/C4H10Br2Si/c1-3-7(5,6)4-2/h3-4H2,1-2H3. The van der Waals surface area contributed by atoms with Gasteiger partial charge in [-0.05, 0) is 12.1 Å². The molecule has 0 radical (unpaired) electrons. The molecule has 0 aromatic heterocycles. The van der Waals surface area contributed by atoms with Gasteiger partial charge in [-0.1, -0.05) is 13.8 Å². The van der Waals surface area contributed by atoms with Crippen molar-refractivity contribution in [1.82, 2.24) is 0 Å².